The Morgan fingerprint density at radius 1 is 0.919 bits per heavy atom. The van der Waals surface area contributed by atoms with Crippen LogP contribution in [0.1, 0.15) is 18.4 Å². The third-order valence-electron chi connectivity index (χ3n) is 5.65. The molecule has 0 saturated carbocycles. The van der Waals surface area contributed by atoms with Gasteiger partial charge in [0.2, 0.25) is 5.91 Å². The highest BCUT2D eigenvalue weighted by Crippen LogP contribution is 2.27. The lowest BCUT2D eigenvalue weighted by Gasteiger charge is -2.10. The maximum atomic E-state index is 12.3. The average Bonchev–Trinajstić information content (AvgIpc) is 2.88. The number of nitrogens with one attached hydrogen (secondary N) is 3. The Morgan fingerprint density at radius 3 is 2.43 bits per heavy atom. The van der Waals surface area contributed by atoms with E-state index in [0.29, 0.717) is 43.6 Å². The Balaban J connectivity index is 1.21. The number of halogens is 3. The minimum Gasteiger partial charge on any atom is -0.406 e. The Hall–Kier alpha value is -4.34. The van der Waals surface area contributed by atoms with Gasteiger partial charge >= 0.3 is 6.36 Å². The number of alkyl halides is 3. The number of fused-ring (bicyclic) bond motifs is 1. The molecule has 0 unspecified atom stereocenters. The fourth-order valence-corrected chi connectivity index (χ4v) is 3.87. The zero-order valence-electron chi connectivity index (χ0n) is 19.8. The Bertz CT molecular complexity index is 1420. The number of aromatic amines is 1. The maximum absolute atomic E-state index is 12.3. The summed E-state index contributed by atoms with van der Waals surface area (Å²) in [6.45, 7) is 1.05. The zero-order chi connectivity index (χ0) is 26.3. The molecule has 0 aliphatic rings. The van der Waals surface area contributed by atoms with Crippen molar-refractivity contribution in [1.82, 2.24) is 15.5 Å². The summed E-state index contributed by atoms with van der Waals surface area (Å²) >= 11 is 0. The molecule has 4 rings (SSSR count). The van der Waals surface area contributed by atoms with Crippen molar-refractivity contribution in [2.24, 2.45) is 0 Å². The number of anilines is 1. The van der Waals surface area contributed by atoms with Crippen LogP contribution in [0, 0.1) is 0 Å². The second kappa shape index (κ2) is 11.6. The van der Waals surface area contributed by atoms with Crippen molar-refractivity contribution in [2.45, 2.75) is 25.6 Å². The van der Waals surface area contributed by atoms with E-state index in [-0.39, 0.29) is 17.2 Å². The predicted molar refractivity (Wildman–Crippen MR) is 135 cm³/mol. The van der Waals surface area contributed by atoms with Crippen LogP contribution in [0.2, 0.25) is 0 Å². The number of H-pyrrole nitrogens is 1. The van der Waals surface area contributed by atoms with Crippen LogP contribution in [0.25, 0.3) is 21.9 Å². The lowest BCUT2D eigenvalue weighted by atomic mass is 10.0. The monoisotopic (exact) mass is 510 g/mol. The first kappa shape index (κ1) is 25.7. The van der Waals surface area contributed by atoms with Crippen LogP contribution in [-0.4, -0.2) is 35.6 Å². The van der Waals surface area contributed by atoms with Gasteiger partial charge in [-0.3, -0.25) is 9.59 Å². The molecule has 0 spiro atoms. The van der Waals surface area contributed by atoms with Crippen molar-refractivity contribution in [3.63, 3.8) is 0 Å². The first-order chi connectivity index (χ1) is 17.8. The SMILES string of the molecule is O=C(CCc1cccc(-c2ccc(OC(F)(F)F)cc2)c1)NCCCNc1n[nH]c(=O)c2ccccc12. The lowest BCUT2D eigenvalue weighted by molar-refractivity contribution is -0.274. The number of ether oxygens (including phenoxy) is 1. The predicted octanol–water partition coefficient (Wildman–Crippen LogP) is 5.04. The fourth-order valence-electron chi connectivity index (χ4n) is 3.87. The normalized spacial score (nSPS) is 11.3. The van der Waals surface area contributed by atoms with Crippen LogP contribution < -0.4 is 20.9 Å². The molecule has 0 radical (unpaired) electrons. The van der Waals surface area contributed by atoms with E-state index in [4.69, 9.17) is 0 Å². The molecule has 10 heteroatoms. The molecule has 37 heavy (non-hydrogen) atoms. The van der Waals surface area contributed by atoms with E-state index in [1.54, 1.807) is 24.3 Å². The van der Waals surface area contributed by atoms with Crippen molar-refractivity contribution in [3.05, 3.63) is 88.7 Å². The molecule has 0 bridgehead atoms. The molecule has 1 heterocycles. The quantitative estimate of drug-likeness (QED) is 0.260. The number of nitrogens with zero attached hydrogens (tertiary/aromatic N) is 1. The molecule has 7 nitrogen and oxygen atoms in total. The van der Waals surface area contributed by atoms with E-state index >= 15 is 0 Å². The minimum absolute atomic E-state index is 0.0772. The van der Waals surface area contributed by atoms with Gasteiger partial charge in [0.1, 0.15) is 5.75 Å². The van der Waals surface area contributed by atoms with Gasteiger partial charge in [0.25, 0.3) is 5.56 Å². The number of carbonyl (C=O) groups is 1. The molecular weight excluding hydrogens is 485 g/mol. The number of amides is 1. The van der Waals surface area contributed by atoms with Gasteiger partial charge in [-0.05, 0) is 47.7 Å². The molecule has 3 aromatic carbocycles. The summed E-state index contributed by atoms with van der Waals surface area (Å²) in [5.41, 5.74) is 2.29. The van der Waals surface area contributed by atoms with E-state index < -0.39 is 6.36 Å². The summed E-state index contributed by atoms with van der Waals surface area (Å²) < 4.78 is 40.9. The van der Waals surface area contributed by atoms with Crippen molar-refractivity contribution in [2.75, 3.05) is 18.4 Å². The van der Waals surface area contributed by atoms with Gasteiger partial charge in [-0.1, -0.05) is 54.6 Å². The van der Waals surface area contributed by atoms with E-state index in [1.165, 1.54) is 12.1 Å². The van der Waals surface area contributed by atoms with Crippen molar-refractivity contribution in [3.8, 4) is 16.9 Å². The minimum atomic E-state index is -4.73. The fraction of sp³-hybridized carbons (Fsp3) is 0.222. The van der Waals surface area contributed by atoms with Gasteiger partial charge in [-0.25, -0.2) is 5.10 Å². The first-order valence-electron chi connectivity index (χ1n) is 11.7. The molecule has 192 valence electrons. The summed E-state index contributed by atoms with van der Waals surface area (Å²) in [6.07, 6.45) is -3.22. The molecular formula is C27H25F3N4O3. The van der Waals surface area contributed by atoms with Crippen LogP contribution in [0.3, 0.4) is 0 Å². The molecule has 0 aliphatic carbocycles. The Morgan fingerprint density at radius 2 is 1.68 bits per heavy atom. The summed E-state index contributed by atoms with van der Waals surface area (Å²) in [5, 5.41) is 13.9. The molecule has 1 aromatic heterocycles. The highest BCUT2D eigenvalue weighted by Gasteiger charge is 2.30. The average molecular weight is 511 g/mol. The van der Waals surface area contributed by atoms with Gasteiger partial charge in [-0.15, -0.1) is 13.2 Å². The molecule has 3 N–H and O–H groups in total. The summed E-state index contributed by atoms with van der Waals surface area (Å²) in [6, 6.07) is 20.4. The molecule has 0 aliphatic heterocycles. The molecule has 0 atom stereocenters. The van der Waals surface area contributed by atoms with Gasteiger partial charge < -0.3 is 15.4 Å². The molecule has 1 amide bonds. The maximum Gasteiger partial charge on any atom is 0.573 e. The molecule has 0 saturated heterocycles. The summed E-state index contributed by atoms with van der Waals surface area (Å²) in [4.78, 5) is 24.1. The van der Waals surface area contributed by atoms with Crippen molar-refractivity contribution in [1.29, 1.82) is 0 Å². The van der Waals surface area contributed by atoms with E-state index in [9.17, 15) is 22.8 Å². The number of hydrogen-bond acceptors (Lipinski definition) is 5. The third kappa shape index (κ3) is 7.33. The number of aryl methyl sites for hydroxylation is 1. The number of hydrogen-bond donors (Lipinski definition) is 3. The van der Waals surface area contributed by atoms with E-state index in [2.05, 4.69) is 25.6 Å². The van der Waals surface area contributed by atoms with Gasteiger partial charge in [0.15, 0.2) is 5.82 Å². The number of benzene rings is 3. The van der Waals surface area contributed by atoms with E-state index in [0.717, 1.165) is 22.1 Å². The Labute approximate surface area is 210 Å². The number of carbonyl (C=O) groups excluding carboxylic acids is 1. The van der Waals surface area contributed by atoms with Gasteiger partial charge in [0.05, 0.1) is 5.39 Å². The highest BCUT2D eigenvalue weighted by molar-refractivity contribution is 5.90. The molecule has 4 aromatic rings. The van der Waals surface area contributed by atoms with Crippen LogP contribution in [0.5, 0.6) is 5.75 Å². The van der Waals surface area contributed by atoms with Crippen LogP contribution in [-0.2, 0) is 11.2 Å². The topological polar surface area (TPSA) is 96.1 Å². The van der Waals surface area contributed by atoms with Crippen LogP contribution in [0.4, 0.5) is 19.0 Å². The second-order valence-electron chi connectivity index (χ2n) is 8.35. The third-order valence-corrected chi connectivity index (χ3v) is 5.65. The second-order valence-corrected chi connectivity index (χ2v) is 8.35. The smallest absolute Gasteiger partial charge is 0.406 e. The Kier molecular flexibility index (Phi) is 8.07. The lowest BCUT2D eigenvalue weighted by Crippen LogP contribution is -2.26. The number of aromatic nitrogens is 2. The van der Waals surface area contributed by atoms with E-state index in [1.807, 2.05) is 36.4 Å². The van der Waals surface area contributed by atoms with Crippen molar-refractivity contribution < 1.29 is 22.7 Å². The molecule has 0 fully saturated rings. The summed E-state index contributed by atoms with van der Waals surface area (Å²) in [7, 11) is 0. The zero-order valence-corrected chi connectivity index (χ0v) is 19.8. The first-order valence-corrected chi connectivity index (χ1v) is 11.7. The number of rotatable bonds is 10. The van der Waals surface area contributed by atoms with Crippen molar-refractivity contribution >= 4 is 22.5 Å². The highest BCUT2D eigenvalue weighted by atomic mass is 19.4. The standard InChI is InChI=1S/C27H25F3N4O3/c28-27(29,30)37-21-12-10-19(11-13-21)20-6-3-5-18(17-20)9-14-24(35)31-15-4-16-32-25-22-7-1-2-8-23(22)26(36)34-33-25/h1-3,5-8,10-13,17H,4,9,14-16H2,(H,31,35)(H,32,33)(H,34,36). The van der Waals surface area contributed by atoms with Crippen LogP contribution >= 0.6 is 0 Å². The van der Waals surface area contributed by atoms with Gasteiger partial charge in [-0.2, -0.15) is 5.10 Å². The van der Waals surface area contributed by atoms with Gasteiger partial charge in [0, 0.05) is 24.9 Å². The largest absolute Gasteiger partial charge is 0.573 e. The summed E-state index contributed by atoms with van der Waals surface area (Å²) in [5.74, 6) is 0.234. The van der Waals surface area contributed by atoms with Crippen LogP contribution in [0.15, 0.2) is 77.6 Å².